The fraction of sp³-hybridized carbons (Fsp3) is 0.172. The van der Waals surface area contributed by atoms with Crippen molar-refractivity contribution in [1.82, 2.24) is 0 Å². The van der Waals surface area contributed by atoms with Gasteiger partial charge in [0.05, 0.1) is 7.11 Å². The number of rotatable bonds is 1. The molecule has 0 fully saturated rings. The van der Waals surface area contributed by atoms with Crippen LogP contribution in [0, 0.1) is 0 Å². The van der Waals surface area contributed by atoms with Crippen molar-refractivity contribution in [2.45, 2.75) is 25.7 Å². The summed E-state index contributed by atoms with van der Waals surface area (Å²) in [5.41, 5.74) is 6.05. The number of phenolic OH excluding ortho intramolecular Hbond substituents is 3. The lowest BCUT2D eigenvalue weighted by Crippen LogP contribution is -2.00. The summed E-state index contributed by atoms with van der Waals surface area (Å²) in [5, 5.41) is 31.1. The van der Waals surface area contributed by atoms with Crippen LogP contribution in [0.3, 0.4) is 0 Å². The Kier molecular flexibility index (Phi) is 5.76. The average molecular weight is 455 g/mol. The fourth-order valence-electron chi connectivity index (χ4n) is 4.49. The van der Waals surface area contributed by atoms with E-state index in [2.05, 4.69) is 0 Å². The second kappa shape index (κ2) is 9.02. The first kappa shape index (κ1) is 21.7. The molecule has 0 saturated carbocycles. The van der Waals surface area contributed by atoms with Crippen molar-refractivity contribution in [3.8, 4) is 45.6 Å². The monoisotopic (exact) mass is 454 g/mol. The maximum atomic E-state index is 10.6. The molecule has 172 valence electrons. The molecule has 2 aliphatic heterocycles. The third-order valence-corrected chi connectivity index (χ3v) is 6.33. The maximum Gasteiger partial charge on any atom is 0.169 e. The lowest BCUT2D eigenvalue weighted by Gasteiger charge is -2.18. The third kappa shape index (κ3) is 4.37. The Balaban J connectivity index is 1.66. The smallest absolute Gasteiger partial charge is 0.169 e. The minimum absolute atomic E-state index is 0.0827. The van der Waals surface area contributed by atoms with Crippen LogP contribution < -0.4 is 9.47 Å². The minimum Gasteiger partial charge on any atom is -0.508 e. The molecule has 5 nitrogen and oxygen atoms in total. The summed E-state index contributed by atoms with van der Waals surface area (Å²) in [7, 11) is 1.55. The van der Waals surface area contributed by atoms with Crippen LogP contribution >= 0.6 is 0 Å². The molecule has 4 aromatic rings. The van der Waals surface area contributed by atoms with Crippen LogP contribution in [-0.4, -0.2) is 22.4 Å². The van der Waals surface area contributed by atoms with Crippen molar-refractivity contribution >= 4 is 0 Å². The minimum atomic E-state index is 0.0827. The van der Waals surface area contributed by atoms with Crippen molar-refractivity contribution in [3.05, 3.63) is 95.1 Å². The summed E-state index contributed by atoms with van der Waals surface area (Å²) < 4.78 is 11.3. The van der Waals surface area contributed by atoms with Crippen molar-refractivity contribution in [2.24, 2.45) is 0 Å². The van der Waals surface area contributed by atoms with E-state index in [1.807, 2.05) is 48.5 Å². The average Bonchev–Trinajstić information content (AvgIpc) is 2.84. The van der Waals surface area contributed by atoms with E-state index in [0.29, 0.717) is 30.1 Å². The van der Waals surface area contributed by atoms with E-state index in [4.69, 9.17) is 9.47 Å². The zero-order chi connectivity index (χ0) is 23.7. The lowest BCUT2D eigenvalue weighted by molar-refractivity contribution is 0.373. The molecule has 5 heteroatoms. The van der Waals surface area contributed by atoms with Gasteiger partial charge in [0.15, 0.2) is 23.0 Å². The Morgan fingerprint density at radius 3 is 2.12 bits per heavy atom. The number of methoxy groups -OCH3 is 1. The first-order chi connectivity index (χ1) is 16.5. The Morgan fingerprint density at radius 2 is 1.35 bits per heavy atom. The Hall–Kier alpha value is -4.12. The number of fused-ring (bicyclic) bond motifs is 4. The molecule has 4 bridgehead atoms. The Bertz CT molecular complexity index is 1340. The van der Waals surface area contributed by atoms with Crippen LogP contribution in [0.25, 0.3) is 11.1 Å². The molecule has 0 amide bonds. The van der Waals surface area contributed by atoms with E-state index >= 15 is 0 Å². The van der Waals surface area contributed by atoms with Gasteiger partial charge in [-0.05, 0) is 108 Å². The van der Waals surface area contributed by atoms with Gasteiger partial charge in [-0.15, -0.1) is 0 Å². The van der Waals surface area contributed by atoms with Gasteiger partial charge in [0, 0.05) is 0 Å². The molecule has 3 N–H and O–H groups in total. The summed E-state index contributed by atoms with van der Waals surface area (Å²) in [6.45, 7) is 0. The van der Waals surface area contributed by atoms with Crippen molar-refractivity contribution in [3.63, 3.8) is 0 Å². The van der Waals surface area contributed by atoms with E-state index in [0.717, 1.165) is 46.2 Å². The van der Waals surface area contributed by atoms with E-state index in [1.54, 1.807) is 31.4 Å². The van der Waals surface area contributed by atoms with Crippen molar-refractivity contribution in [1.29, 1.82) is 0 Å². The lowest BCUT2D eigenvalue weighted by atomic mass is 9.89. The molecular formula is C29H26O5. The molecule has 0 spiro atoms. The van der Waals surface area contributed by atoms with Gasteiger partial charge in [-0.1, -0.05) is 24.3 Å². The standard InChI is InChI=1S/C29H26O5/c1-33-28-16-21-7-2-18-4-10-23(11-5-18)34-29-14-19(6-13-26(29)31)3-8-20-15-22(30)9-12-24(20)25(21)17-27(28)32/h4-6,9-17,30-32H,2-3,7-8H2,1H3. The third-order valence-electron chi connectivity index (χ3n) is 6.33. The van der Waals surface area contributed by atoms with Gasteiger partial charge in [-0.2, -0.15) is 0 Å². The first-order valence-electron chi connectivity index (χ1n) is 11.3. The second-order valence-corrected chi connectivity index (χ2v) is 8.57. The van der Waals surface area contributed by atoms with Gasteiger partial charge in [-0.3, -0.25) is 0 Å². The summed E-state index contributed by atoms with van der Waals surface area (Å²) >= 11 is 0. The Morgan fingerprint density at radius 1 is 0.647 bits per heavy atom. The number of benzene rings is 4. The maximum absolute atomic E-state index is 10.6. The van der Waals surface area contributed by atoms with Gasteiger partial charge >= 0.3 is 0 Å². The van der Waals surface area contributed by atoms with Gasteiger partial charge < -0.3 is 24.8 Å². The van der Waals surface area contributed by atoms with Crippen LogP contribution in [-0.2, 0) is 25.7 Å². The van der Waals surface area contributed by atoms with Gasteiger partial charge in [0.25, 0.3) is 0 Å². The number of phenols is 3. The van der Waals surface area contributed by atoms with Crippen LogP contribution in [0.2, 0.25) is 0 Å². The number of aryl methyl sites for hydroxylation is 4. The van der Waals surface area contributed by atoms with E-state index in [1.165, 1.54) is 0 Å². The highest BCUT2D eigenvalue weighted by atomic mass is 16.5. The van der Waals surface area contributed by atoms with Crippen LogP contribution in [0.15, 0.2) is 72.8 Å². The summed E-state index contributed by atoms with van der Waals surface area (Å²) in [4.78, 5) is 0. The summed E-state index contributed by atoms with van der Waals surface area (Å²) in [6, 6.07) is 22.2. The highest BCUT2D eigenvalue weighted by Crippen LogP contribution is 2.39. The van der Waals surface area contributed by atoms with E-state index in [9.17, 15) is 15.3 Å². The summed E-state index contributed by atoms with van der Waals surface area (Å²) in [5.74, 6) is 1.88. The molecule has 0 saturated heterocycles. The molecule has 0 atom stereocenters. The molecule has 0 radical (unpaired) electrons. The molecule has 0 aromatic heterocycles. The normalized spacial score (nSPS) is 13.0. The predicted molar refractivity (Wildman–Crippen MR) is 131 cm³/mol. The first-order valence-corrected chi connectivity index (χ1v) is 11.3. The van der Waals surface area contributed by atoms with Gasteiger partial charge in [0.2, 0.25) is 0 Å². The zero-order valence-corrected chi connectivity index (χ0v) is 18.9. The second-order valence-electron chi connectivity index (χ2n) is 8.57. The van der Waals surface area contributed by atoms with E-state index < -0.39 is 0 Å². The van der Waals surface area contributed by atoms with Crippen molar-refractivity contribution < 1.29 is 24.8 Å². The topological polar surface area (TPSA) is 79.2 Å². The van der Waals surface area contributed by atoms with Gasteiger partial charge in [-0.25, -0.2) is 0 Å². The molecule has 6 rings (SSSR count). The van der Waals surface area contributed by atoms with E-state index in [-0.39, 0.29) is 17.2 Å². The molecule has 2 heterocycles. The zero-order valence-electron chi connectivity index (χ0n) is 18.9. The number of hydrogen-bond donors (Lipinski definition) is 3. The molecule has 34 heavy (non-hydrogen) atoms. The van der Waals surface area contributed by atoms with Gasteiger partial charge in [0.1, 0.15) is 11.5 Å². The molecule has 0 unspecified atom stereocenters. The highest BCUT2D eigenvalue weighted by Gasteiger charge is 2.16. The highest BCUT2D eigenvalue weighted by molar-refractivity contribution is 5.74. The molecule has 2 aliphatic rings. The van der Waals surface area contributed by atoms with Crippen LogP contribution in [0.1, 0.15) is 22.3 Å². The Labute approximate surface area is 198 Å². The molecule has 0 aliphatic carbocycles. The predicted octanol–water partition coefficient (Wildman–Crippen LogP) is 6.16. The SMILES string of the molecule is COc1cc2c(cc1O)-c1ccc(O)cc1CCc1ccc(O)c(c1)Oc1ccc(cc1)CC2. The number of aromatic hydroxyl groups is 3. The number of ether oxygens (including phenoxy) is 2. The summed E-state index contributed by atoms with van der Waals surface area (Å²) in [6.07, 6.45) is 2.87. The fourth-order valence-corrected chi connectivity index (χ4v) is 4.49. The largest absolute Gasteiger partial charge is 0.508 e. The van der Waals surface area contributed by atoms with Crippen molar-refractivity contribution in [2.75, 3.05) is 7.11 Å². The molecular weight excluding hydrogens is 428 g/mol. The quantitative estimate of drug-likeness (QED) is 0.321. The van der Waals surface area contributed by atoms with Crippen LogP contribution in [0.4, 0.5) is 0 Å². The van der Waals surface area contributed by atoms with Crippen LogP contribution in [0.5, 0.6) is 34.5 Å². The molecule has 4 aromatic carbocycles. The number of hydrogen-bond acceptors (Lipinski definition) is 5.